The molecule has 0 saturated heterocycles. The fourth-order valence-corrected chi connectivity index (χ4v) is 2.18. The van der Waals surface area contributed by atoms with Crippen molar-refractivity contribution in [3.63, 3.8) is 0 Å². The lowest BCUT2D eigenvalue weighted by molar-refractivity contribution is 0.0680. The van der Waals surface area contributed by atoms with Crippen molar-refractivity contribution in [1.29, 1.82) is 0 Å². The molecule has 0 amide bonds. The van der Waals surface area contributed by atoms with Crippen molar-refractivity contribution in [3.05, 3.63) is 29.8 Å². The monoisotopic (exact) mass is 220 g/mol. The van der Waals surface area contributed by atoms with E-state index in [1.54, 1.807) is 0 Å². The average molecular weight is 220 g/mol. The lowest BCUT2D eigenvalue weighted by Gasteiger charge is -2.30. The van der Waals surface area contributed by atoms with Crippen molar-refractivity contribution in [2.75, 3.05) is 0 Å². The van der Waals surface area contributed by atoms with Gasteiger partial charge in [0.25, 0.3) is 0 Å². The summed E-state index contributed by atoms with van der Waals surface area (Å²) < 4.78 is 6.14. The Morgan fingerprint density at radius 2 is 1.50 bits per heavy atom. The molecule has 1 rings (SSSR count). The van der Waals surface area contributed by atoms with Gasteiger partial charge in [0.2, 0.25) is 0 Å². The molecular weight excluding hydrogens is 196 g/mol. The molecule has 1 aromatic rings. The van der Waals surface area contributed by atoms with Gasteiger partial charge in [0.1, 0.15) is 11.4 Å². The summed E-state index contributed by atoms with van der Waals surface area (Å²) >= 11 is 0. The average Bonchev–Trinajstić information content (AvgIpc) is 2.22. The summed E-state index contributed by atoms with van der Waals surface area (Å²) in [5.41, 5.74) is 1.28. The lowest BCUT2D eigenvalue weighted by Crippen LogP contribution is -2.31. The first-order chi connectivity index (χ1) is 7.59. The van der Waals surface area contributed by atoms with E-state index >= 15 is 0 Å². The highest BCUT2D eigenvalue weighted by Crippen LogP contribution is 2.27. The molecule has 0 spiro atoms. The van der Waals surface area contributed by atoms with Gasteiger partial charge in [-0.2, -0.15) is 0 Å². The van der Waals surface area contributed by atoms with E-state index in [-0.39, 0.29) is 5.60 Å². The highest BCUT2D eigenvalue weighted by molar-refractivity contribution is 5.26. The molecule has 0 N–H and O–H groups in total. The highest BCUT2D eigenvalue weighted by Gasteiger charge is 2.24. The van der Waals surface area contributed by atoms with Gasteiger partial charge in [-0.05, 0) is 38.8 Å². The first-order valence-electron chi connectivity index (χ1n) is 6.35. The van der Waals surface area contributed by atoms with Crippen LogP contribution >= 0.6 is 0 Å². The Labute approximate surface area is 99.8 Å². The SMILES string of the molecule is CCCC(C)(CCC)Oc1ccc(C)cc1. The van der Waals surface area contributed by atoms with Crippen molar-refractivity contribution in [1.82, 2.24) is 0 Å². The smallest absolute Gasteiger partial charge is 0.120 e. The molecule has 90 valence electrons. The number of rotatable bonds is 6. The van der Waals surface area contributed by atoms with Crippen LogP contribution in [0.3, 0.4) is 0 Å². The predicted molar refractivity (Wildman–Crippen MR) is 70.0 cm³/mol. The van der Waals surface area contributed by atoms with Gasteiger partial charge in [0, 0.05) is 0 Å². The van der Waals surface area contributed by atoms with Crippen LogP contribution in [0.1, 0.15) is 52.0 Å². The molecule has 0 bridgehead atoms. The van der Waals surface area contributed by atoms with Gasteiger partial charge >= 0.3 is 0 Å². The van der Waals surface area contributed by atoms with Crippen molar-refractivity contribution in [2.24, 2.45) is 0 Å². The summed E-state index contributed by atoms with van der Waals surface area (Å²) in [7, 11) is 0. The van der Waals surface area contributed by atoms with E-state index in [1.807, 2.05) is 0 Å². The Kier molecular flexibility index (Phi) is 4.85. The fourth-order valence-electron chi connectivity index (χ4n) is 2.18. The van der Waals surface area contributed by atoms with Gasteiger partial charge in [0.15, 0.2) is 0 Å². The molecule has 16 heavy (non-hydrogen) atoms. The summed E-state index contributed by atoms with van der Waals surface area (Å²) in [6.07, 6.45) is 4.58. The zero-order valence-corrected chi connectivity index (χ0v) is 11.0. The van der Waals surface area contributed by atoms with Gasteiger partial charge in [0.05, 0.1) is 0 Å². The van der Waals surface area contributed by atoms with Crippen LogP contribution in [0, 0.1) is 6.92 Å². The summed E-state index contributed by atoms with van der Waals surface area (Å²) in [6.45, 7) is 8.75. The molecular formula is C15H24O. The Morgan fingerprint density at radius 3 is 1.94 bits per heavy atom. The van der Waals surface area contributed by atoms with Crippen molar-refractivity contribution in [3.8, 4) is 5.75 Å². The Bertz CT molecular complexity index is 294. The normalized spacial score (nSPS) is 11.5. The third-order valence-electron chi connectivity index (χ3n) is 2.94. The van der Waals surface area contributed by atoms with E-state index in [4.69, 9.17) is 4.74 Å². The Morgan fingerprint density at radius 1 is 1.00 bits per heavy atom. The molecule has 0 aliphatic carbocycles. The first kappa shape index (κ1) is 13.1. The molecule has 1 heteroatoms. The van der Waals surface area contributed by atoms with Crippen LogP contribution in [-0.2, 0) is 0 Å². The van der Waals surface area contributed by atoms with E-state index in [9.17, 15) is 0 Å². The zero-order valence-electron chi connectivity index (χ0n) is 11.0. The standard InChI is InChI=1S/C15H24O/c1-5-11-15(4,12-6-2)16-14-9-7-13(3)8-10-14/h7-10H,5-6,11-12H2,1-4H3. The van der Waals surface area contributed by atoms with Crippen LogP contribution in [0.4, 0.5) is 0 Å². The van der Waals surface area contributed by atoms with Gasteiger partial charge < -0.3 is 4.74 Å². The third kappa shape index (κ3) is 3.88. The van der Waals surface area contributed by atoms with E-state index in [1.165, 1.54) is 18.4 Å². The maximum Gasteiger partial charge on any atom is 0.120 e. The van der Waals surface area contributed by atoms with E-state index < -0.39 is 0 Å². The van der Waals surface area contributed by atoms with E-state index in [0.29, 0.717) is 0 Å². The topological polar surface area (TPSA) is 9.23 Å². The minimum Gasteiger partial charge on any atom is -0.488 e. The zero-order chi connectivity index (χ0) is 12.0. The largest absolute Gasteiger partial charge is 0.488 e. The van der Waals surface area contributed by atoms with Crippen LogP contribution in [0.25, 0.3) is 0 Å². The maximum atomic E-state index is 6.14. The second-order valence-electron chi connectivity index (χ2n) is 4.87. The number of ether oxygens (including phenoxy) is 1. The van der Waals surface area contributed by atoms with Gasteiger partial charge in [-0.1, -0.05) is 44.4 Å². The van der Waals surface area contributed by atoms with Gasteiger partial charge in [-0.3, -0.25) is 0 Å². The molecule has 0 unspecified atom stereocenters. The Hall–Kier alpha value is -0.980. The summed E-state index contributed by atoms with van der Waals surface area (Å²) in [4.78, 5) is 0. The molecule has 0 aromatic heterocycles. The molecule has 0 fully saturated rings. The minimum atomic E-state index is -0.00123. The number of aryl methyl sites for hydroxylation is 1. The van der Waals surface area contributed by atoms with Crippen LogP contribution < -0.4 is 4.74 Å². The fraction of sp³-hybridized carbons (Fsp3) is 0.600. The molecule has 0 atom stereocenters. The first-order valence-corrected chi connectivity index (χ1v) is 6.35. The van der Waals surface area contributed by atoms with Gasteiger partial charge in [-0.25, -0.2) is 0 Å². The number of hydrogen-bond acceptors (Lipinski definition) is 1. The predicted octanol–water partition coefficient (Wildman–Crippen LogP) is 4.73. The van der Waals surface area contributed by atoms with Crippen LogP contribution in [0.5, 0.6) is 5.75 Å². The Balaban J connectivity index is 2.70. The summed E-state index contributed by atoms with van der Waals surface area (Å²) in [5, 5.41) is 0. The molecule has 1 nitrogen and oxygen atoms in total. The van der Waals surface area contributed by atoms with Crippen LogP contribution in [0.15, 0.2) is 24.3 Å². The molecule has 0 saturated carbocycles. The van der Waals surface area contributed by atoms with Crippen LogP contribution in [0.2, 0.25) is 0 Å². The quantitative estimate of drug-likeness (QED) is 0.673. The minimum absolute atomic E-state index is 0.00123. The molecule has 0 heterocycles. The van der Waals surface area contributed by atoms with E-state index in [2.05, 4.69) is 52.0 Å². The van der Waals surface area contributed by atoms with Crippen LogP contribution in [-0.4, -0.2) is 5.60 Å². The maximum absolute atomic E-state index is 6.14. The van der Waals surface area contributed by atoms with E-state index in [0.717, 1.165) is 18.6 Å². The van der Waals surface area contributed by atoms with Crippen molar-refractivity contribution < 1.29 is 4.74 Å². The lowest BCUT2D eigenvalue weighted by atomic mass is 9.94. The second-order valence-corrected chi connectivity index (χ2v) is 4.87. The number of benzene rings is 1. The van der Waals surface area contributed by atoms with Gasteiger partial charge in [-0.15, -0.1) is 0 Å². The molecule has 0 aliphatic rings. The third-order valence-corrected chi connectivity index (χ3v) is 2.94. The van der Waals surface area contributed by atoms with Crippen molar-refractivity contribution >= 4 is 0 Å². The molecule has 0 aliphatic heterocycles. The molecule has 1 aromatic carbocycles. The highest BCUT2D eigenvalue weighted by atomic mass is 16.5. The summed E-state index contributed by atoms with van der Waals surface area (Å²) in [6, 6.07) is 8.35. The number of hydrogen-bond donors (Lipinski definition) is 0. The van der Waals surface area contributed by atoms with Crippen molar-refractivity contribution in [2.45, 2.75) is 59.0 Å². The molecule has 0 radical (unpaired) electrons. The second kappa shape index (κ2) is 5.93. The summed E-state index contributed by atoms with van der Waals surface area (Å²) in [5.74, 6) is 0.995.